The Morgan fingerprint density at radius 1 is 0.567 bits per heavy atom. The Bertz CT molecular complexity index is 598. The fraction of sp³-hybridized carbons (Fsp3) is 0.455. The number of hydrogen-bond acceptors (Lipinski definition) is 8. The van der Waals surface area contributed by atoms with Crippen LogP contribution in [0, 0.1) is 10.8 Å². The number of rotatable bonds is 12. The van der Waals surface area contributed by atoms with Gasteiger partial charge in [0.15, 0.2) is 10.8 Å². The summed E-state index contributed by atoms with van der Waals surface area (Å²) >= 11 is 0. The molecule has 8 heteroatoms. The molecule has 0 atom stereocenters. The molecule has 1 rings (SSSR count). The van der Waals surface area contributed by atoms with Crippen LogP contribution < -0.4 is 0 Å². The molecule has 0 bridgehead atoms. The average molecular weight is 420 g/mol. The molecule has 0 amide bonds. The molecule has 0 N–H and O–H groups in total. The van der Waals surface area contributed by atoms with Crippen molar-refractivity contribution in [2.45, 2.75) is 25.7 Å². The van der Waals surface area contributed by atoms with Crippen LogP contribution in [0.2, 0.25) is 0 Å². The van der Waals surface area contributed by atoms with Crippen LogP contribution in [-0.2, 0) is 38.1 Å². The topological polar surface area (TPSA) is 105 Å². The van der Waals surface area contributed by atoms with E-state index in [4.69, 9.17) is 18.9 Å². The normalized spacial score (nSPS) is 16.3. The molecule has 1 aliphatic carbocycles. The van der Waals surface area contributed by atoms with Crippen LogP contribution in [-0.4, -0.2) is 50.3 Å². The Morgan fingerprint density at radius 3 is 1.00 bits per heavy atom. The fourth-order valence-corrected chi connectivity index (χ4v) is 3.51. The molecule has 0 heterocycles. The van der Waals surface area contributed by atoms with Gasteiger partial charge >= 0.3 is 23.9 Å². The van der Waals surface area contributed by atoms with Crippen LogP contribution in [0.15, 0.2) is 50.6 Å². The molecule has 0 radical (unpaired) electrons. The second kappa shape index (κ2) is 11.7. The monoisotopic (exact) mass is 420 g/mol. The van der Waals surface area contributed by atoms with Gasteiger partial charge in [0, 0.05) is 0 Å². The van der Waals surface area contributed by atoms with E-state index in [1.165, 1.54) is 24.3 Å². The number of carbonyl (C=O) groups is 4. The van der Waals surface area contributed by atoms with E-state index in [-0.39, 0.29) is 39.3 Å². The van der Waals surface area contributed by atoms with Gasteiger partial charge in [-0.2, -0.15) is 0 Å². The highest BCUT2D eigenvalue weighted by molar-refractivity contribution is 6.14. The molecule has 8 nitrogen and oxygen atoms in total. The van der Waals surface area contributed by atoms with Gasteiger partial charge in [-0.15, -0.1) is 0 Å². The lowest BCUT2D eigenvalue weighted by atomic mass is 9.55. The molecule has 0 aromatic heterocycles. The van der Waals surface area contributed by atoms with E-state index >= 15 is 0 Å². The third kappa shape index (κ3) is 4.69. The lowest BCUT2D eigenvalue weighted by Gasteiger charge is -2.45. The van der Waals surface area contributed by atoms with Crippen LogP contribution in [0.4, 0.5) is 0 Å². The molecular formula is C22H28O8. The van der Waals surface area contributed by atoms with Crippen molar-refractivity contribution in [1.29, 1.82) is 0 Å². The first-order chi connectivity index (χ1) is 14.4. The summed E-state index contributed by atoms with van der Waals surface area (Å²) in [6, 6.07) is 0. The van der Waals surface area contributed by atoms with Crippen LogP contribution in [0.1, 0.15) is 25.7 Å². The average Bonchev–Trinajstić information content (AvgIpc) is 2.77. The van der Waals surface area contributed by atoms with Gasteiger partial charge in [-0.1, -0.05) is 63.5 Å². The van der Waals surface area contributed by atoms with Crippen LogP contribution >= 0.6 is 0 Å². The molecule has 0 aromatic rings. The fourth-order valence-electron chi connectivity index (χ4n) is 3.51. The Labute approximate surface area is 176 Å². The summed E-state index contributed by atoms with van der Waals surface area (Å²) in [6.07, 6.45) is 5.63. The molecule has 1 fully saturated rings. The van der Waals surface area contributed by atoms with E-state index < -0.39 is 34.7 Å². The zero-order valence-electron chi connectivity index (χ0n) is 17.1. The summed E-state index contributed by atoms with van der Waals surface area (Å²) in [7, 11) is 0. The molecule has 0 aliphatic heterocycles. The van der Waals surface area contributed by atoms with Gasteiger partial charge in [0.05, 0.1) is 0 Å². The third-order valence-electron chi connectivity index (χ3n) is 4.81. The molecule has 164 valence electrons. The van der Waals surface area contributed by atoms with Crippen molar-refractivity contribution in [2.24, 2.45) is 10.8 Å². The molecule has 1 aliphatic rings. The molecule has 0 spiro atoms. The van der Waals surface area contributed by atoms with Gasteiger partial charge in [-0.3, -0.25) is 19.2 Å². The lowest BCUT2D eigenvalue weighted by Crippen LogP contribution is -2.64. The molecule has 30 heavy (non-hydrogen) atoms. The van der Waals surface area contributed by atoms with E-state index in [1.807, 2.05) is 0 Å². The van der Waals surface area contributed by atoms with E-state index in [0.29, 0.717) is 12.8 Å². The van der Waals surface area contributed by atoms with Crippen molar-refractivity contribution in [1.82, 2.24) is 0 Å². The Balaban J connectivity index is 3.71. The highest BCUT2D eigenvalue weighted by Gasteiger charge is 2.73. The molecule has 1 saturated carbocycles. The van der Waals surface area contributed by atoms with Gasteiger partial charge in [0.2, 0.25) is 0 Å². The molecule has 0 aromatic carbocycles. The van der Waals surface area contributed by atoms with Crippen molar-refractivity contribution in [3.8, 4) is 0 Å². The second-order valence-electron chi connectivity index (χ2n) is 6.57. The van der Waals surface area contributed by atoms with Gasteiger partial charge in [-0.25, -0.2) is 0 Å². The minimum absolute atomic E-state index is 0.161. The van der Waals surface area contributed by atoms with E-state index in [2.05, 4.69) is 26.3 Å². The number of hydrogen-bond donors (Lipinski definition) is 0. The highest BCUT2D eigenvalue weighted by Crippen LogP contribution is 2.54. The minimum Gasteiger partial charge on any atom is -0.461 e. The lowest BCUT2D eigenvalue weighted by molar-refractivity contribution is -0.207. The second-order valence-corrected chi connectivity index (χ2v) is 6.57. The SMILES string of the molecule is C=CCOC(=O)C1(C(=O)OCC=C)CCCCC1(C(=O)OCC=C)C(=O)OCC=C. The van der Waals surface area contributed by atoms with Gasteiger partial charge in [-0.05, 0) is 12.8 Å². The van der Waals surface area contributed by atoms with Crippen molar-refractivity contribution < 1.29 is 38.1 Å². The minimum atomic E-state index is -2.28. The standard InChI is InChI=1S/C22H28O8/c1-5-13-27-17(23)21(18(24)28-14-6-2)11-9-10-12-22(21,19(25)29-15-7-3)20(26)30-16-8-4/h5-8H,1-4,9-16H2. The Morgan fingerprint density at radius 2 is 0.800 bits per heavy atom. The largest absolute Gasteiger partial charge is 0.461 e. The van der Waals surface area contributed by atoms with Gasteiger partial charge in [0.25, 0.3) is 0 Å². The summed E-state index contributed by atoms with van der Waals surface area (Å²) in [6.45, 7) is 13.0. The summed E-state index contributed by atoms with van der Waals surface area (Å²) in [4.78, 5) is 52.8. The summed E-state index contributed by atoms with van der Waals surface area (Å²) in [5.74, 6) is -4.32. The molecular weight excluding hydrogens is 392 g/mol. The number of esters is 4. The maximum atomic E-state index is 13.2. The van der Waals surface area contributed by atoms with Gasteiger partial charge in [0.1, 0.15) is 26.4 Å². The van der Waals surface area contributed by atoms with E-state index in [9.17, 15) is 19.2 Å². The smallest absolute Gasteiger partial charge is 0.325 e. The zero-order valence-corrected chi connectivity index (χ0v) is 17.1. The number of carbonyl (C=O) groups excluding carboxylic acids is 4. The zero-order chi connectivity index (χ0) is 22.6. The summed E-state index contributed by atoms with van der Waals surface area (Å²) in [5, 5.41) is 0. The first-order valence-electron chi connectivity index (χ1n) is 9.51. The van der Waals surface area contributed by atoms with Crippen LogP contribution in [0.25, 0.3) is 0 Å². The van der Waals surface area contributed by atoms with Crippen molar-refractivity contribution in [2.75, 3.05) is 26.4 Å². The highest BCUT2D eigenvalue weighted by atomic mass is 16.6. The Kier molecular flexibility index (Phi) is 9.74. The van der Waals surface area contributed by atoms with Gasteiger partial charge < -0.3 is 18.9 Å². The maximum Gasteiger partial charge on any atom is 0.325 e. The third-order valence-corrected chi connectivity index (χ3v) is 4.81. The molecule has 0 saturated heterocycles. The predicted molar refractivity (Wildman–Crippen MR) is 108 cm³/mol. The Hall–Kier alpha value is -3.16. The maximum absolute atomic E-state index is 13.2. The first kappa shape index (κ1) is 24.9. The van der Waals surface area contributed by atoms with Crippen molar-refractivity contribution >= 4 is 23.9 Å². The first-order valence-corrected chi connectivity index (χ1v) is 9.51. The predicted octanol–water partition coefficient (Wildman–Crippen LogP) is 2.45. The summed E-state index contributed by atoms with van der Waals surface area (Å²) < 4.78 is 20.6. The van der Waals surface area contributed by atoms with Crippen molar-refractivity contribution in [3.63, 3.8) is 0 Å². The summed E-state index contributed by atoms with van der Waals surface area (Å²) in [5.41, 5.74) is -4.57. The van der Waals surface area contributed by atoms with Crippen LogP contribution in [0.5, 0.6) is 0 Å². The van der Waals surface area contributed by atoms with Crippen LogP contribution in [0.3, 0.4) is 0 Å². The molecule has 0 unspecified atom stereocenters. The quantitative estimate of drug-likeness (QED) is 0.205. The van der Waals surface area contributed by atoms with E-state index in [1.54, 1.807) is 0 Å². The van der Waals surface area contributed by atoms with Crippen molar-refractivity contribution in [3.05, 3.63) is 50.6 Å². The van der Waals surface area contributed by atoms with E-state index in [0.717, 1.165) is 0 Å². The number of ether oxygens (including phenoxy) is 4.